The summed E-state index contributed by atoms with van der Waals surface area (Å²) in [6, 6.07) is 2.73. The van der Waals surface area contributed by atoms with E-state index in [0.29, 0.717) is 12.0 Å². The fourth-order valence-electron chi connectivity index (χ4n) is 2.54. The van der Waals surface area contributed by atoms with Crippen molar-refractivity contribution in [3.05, 3.63) is 5.82 Å². The van der Waals surface area contributed by atoms with Gasteiger partial charge in [-0.05, 0) is 45.4 Å². The predicted octanol–water partition coefficient (Wildman–Crippen LogP) is 3.03. The van der Waals surface area contributed by atoms with Crippen LogP contribution in [0.1, 0.15) is 71.2 Å². The molecule has 0 aromatic carbocycles. The van der Waals surface area contributed by atoms with Crippen LogP contribution in [0.15, 0.2) is 5.16 Å². The molecule has 0 spiro atoms. The lowest BCUT2D eigenvalue weighted by atomic mass is 9.90. The largest absolute Gasteiger partial charge is 0.337 e. The normalized spacial score (nSPS) is 21.2. The molecule has 1 amide bonds. The molecule has 24 heavy (non-hydrogen) atoms. The maximum atomic E-state index is 12.5. The maximum absolute atomic E-state index is 12.5. The monoisotopic (exact) mass is 347 g/mol. The molecule has 2 aliphatic carbocycles. The van der Waals surface area contributed by atoms with Gasteiger partial charge >= 0.3 is 0 Å². The zero-order valence-electron chi connectivity index (χ0n) is 14.7. The maximum Gasteiger partial charge on any atom is 0.234 e. The van der Waals surface area contributed by atoms with Crippen molar-refractivity contribution in [2.75, 3.05) is 0 Å². The van der Waals surface area contributed by atoms with Gasteiger partial charge in [-0.2, -0.15) is 5.26 Å². The number of hydrogen-bond acceptors (Lipinski definition) is 5. The molecule has 3 rings (SSSR count). The van der Waals surface area contributed by atoms with Crippen molar-refractivity contribution in [1.29, 1.82) is 5.26 Å². The van der Waals surface area contributed by atoms with Crippen molar-refractivity contribution >= 4 is 17.7 Å². The lowest BCUT2D eigenvalue weighted by Crippen LogP contribution is -2.51. The Balaban J connectivity index is 1.70. The van der Waals surface area contributed by atoms with Crippen LogP contribution in [-0.4, -0.2) is 31.5 Å². The van der Waals surface area contributed by atoms with Crippen LogP contribution < -0.4 is 5.32 Å². The fraction of sp³-hybridized carbons (Fsp3) is 0.765. The highest BCUT2D eigenvalue weighted by Gasteiger charge is 2.37. The molecule has 1 aromatic heterocycles. The third-order valence-electron chi connectivity index (χ3n) is 4.97. The number of nitriles is 1. The van der Waals surface area contributed by atoms with Gasteiger partial charge in [0.25, 0.3) is 0 Å². The fourth-order valence-corrected chi connectivity index (χ4v) is 3.46. The number of nitrogens with one attached hydrogen (secondary N) is 1. The minimum atomic E-state index is -0.852. The van der Waals surface area contributed by atoms with Gasteiger partial charge in [-0.1, -0.05) is 25.6 Å². The summed E-state index contributed by atoms with van der Waals surface area (Å²) < 4.78 is 2.25. The number of thioether (sulfide) groups is 1. The Morgan fingerprint density at radius 3 is 2.50 bits per heavy atom. The first-order valence-corrected chi connectivity index (χ1v) is 9.58. The molecule has 1 N–H and O–H groups in total. The van der Waals surface area contributed by atoms with Crippen molar-refractivity contribution in [1.82, 2.24) is 20.1 Å². The van der Waals surface area contributed by atoms with Gasteiger partial charge < -0.3 is 9.88 Å². The molecule has 0 aliphatic heterocycles. The Hall–Kier alpha value is -1.55. The summed E-state index contributed by atoms with van der Waals surface area (Å²) in [7, 11) is 0. The van der Waals surface area contributed by atoms with Gasteiger partial charge in [-0.15, -0.1) is 10.2 Å². The van der Waals surface area contributed by atoms with E-state index in [1.54, 1.807) is 6.92 Å². The molecule has 0 radical (unpaired) electrons. The van der Waals surface area contributed by atoms with E-state index < -0.39 is 5.54 Å². The minimum absolute atomic E-state index is 0.0419. The first-order valence-electron chi connectivity index (χ1n) is 8.70. The van der Waals surface area contributed by atoms with Gasteiger partial charge in [0.2, 0.25) is 5.91 Å². The molecule has 2 aliphatic rings. The molecule has 2 saturated carbocycles. The van der Waals surface area contributed by atoms with Crippen molar-refractivity contribution < 1.29 is 4.79 Å². The van der Waals surface area contributed by atoms with Gasteiger partial charge in [0, 0.05) is 12.0 Å². The summed E-state index contributed by atoms with van der Waals surface area (Å²) in [5, 5.41) is 21.5. The Kier molecular flexibility index (Phi) is 4.60. The van der Waals surface area contributed by atoms with Crippen LogP contribution in [0, 0.1) is 17.2 Å². The number of nitrogens with zero attached hydrogens (tertiary/aromatic N) is 4. The zero-order chi connectivity index (χ0) is 17.5. The Bertz CT molecular complexity index is 671. The summed E-state index contributed by atoms with van der Waals surface area (Å²) in [5.74, 6) is 1.56. The molecule has 1 heterocycles. The summed E-state index contributed by atoms with van der Waals surface area (Å²) in [6.45, 7) is 7.51. The molecule has 6 nitrogen and oxygen atoms in total. The van der Waals surface area contributed by atoms with Crippen LogP contribution in [-0.2, 0) is 4.79 Å². The van der Waals surface area contributed by atoms with Crippen molar-refractivity contribution in [2.24, 2.45) is 5.92 Å². The highest BCUT2D eigenvalue weighted by atomic mass is 32.2. The smallest absolute Gasteiger partial charge is 0.234 e. The Morgan fingerprint density at radius 2 is 2.00 bits per heavy atom. The van der Waals surface area contributed by atoms with Gasteiger partial charge in [0.1, 0.15) is 11.4 Å². The van der Waals surface area contributed by atoms with E-state index in [9.17, 15) is 10.1 Å². The number of carbonyl (C=O) groups is 1. The second kappa shape index (κ2) is 6.40. The number of aromatic nitrogens is 3. The first-order chi connectivity index (χ1) is 11.4. The lowest BCUT2D eigenvalue weighted by molar-refractivity contribution is -0.121. The molecule has 7 heteroatoms. The third-order valence-corrected chi connectivity index (χ3v) is 6.02. The Morgan fingerprint density at radius 1 is 1.33 bits per heavy atom. The van der Waals surface area contributed by atoms with Crippen molar-refractivity contribution in [3.63, 3.8) is 0 Å². The van der Waals surface area contributed by atoms with Crippen LogP contribution in [0.4, 0.5) is 0 Å². The Labute approximate surface area is 147 Å². The van der Waals surface area contributed by atoms with Gasteiger partial charge in [0.15, 0.2) is 5.16 Å². The molecule has 0 saturated heterocycles. The van der Waals surface area contributed by atoms with Crippen molar-refractivity contribution in [3.8, 4) is 6.07 Å². The van der Waals surface area contributed by atoms with Gasteiger partial charge in [0.05, 0.1) is 11.3 Å². The van der Waals surface area contributed by atoms with E-state index >= 15 is 0 Å². The second-order valence-electron chi connectivity index (χ2n) is 7.43. The standard InChI is InChI=1S/C17H25N5OS/c1-10(2)17(4,9-18)19-15(23)11(3)24-16-21-20-14(12-5-6-12)22(16)13-7-8-13/h10-13H,5-8H2,1-4H3,(H,19,23). The lowest BCUT2D eigenvalue weighted by Gasteiger charge is -2.28. The number of rotatable bonds is 7. The molecule has 130 valence electrons. The van der Waals surface area contributed by atoms with Crippen LogP contribution in [0.2, 0.25) is 0 Å². The molecule has 2 atom stereocenters. The summed E-state index contributed by atoms with van der Waals surface area (Å²) >= 11 is 1.44. The summed E-state index contributed by atoms with van der Waals surface area (Å²) in [4.78, 5) is 12.5. The zero-order valence-corrected chi connectivity index (χ0v) is 15.6. The van der Waals surface area contributed by atoms with E-state index in [-0.39, 0.29) is 17.1 Å². The molecule has 2 fully saturated rings. The predicted molar refractivity (Wildman–Crippen MR) is 92.6 cm³/mol. The second-order valence-corrected chi connectivity index (χ2v) is 8.74. The van der Waals surface area contributed by atoms with E-state index in [2.05, 4.69) is 26.2 Å². The van der Waals surface area contributed by atoms with Crippen molar-refractivity contribution in [2.45, 2.75) is 81.3 Å². The third kappa shape index (κ3) is 3.44. The molecular formula is C17H25N5OS. The molecule has 2 unspecified atom stereocenters. The topological polar surface area (TPSA) is 83.6 Å². The quantitative estimate of drug-likeness (QED) is 0.767. The first kappa shape index (κ1) is 17.3. The SMILES string of the molecule is CC(Sc1nnc(C2CC2)n1C1CC1)C(=O)NC(C)(C#N)C(C)C. The van der Waals surface area contributed by atoms with E-state index in [1.807, 2.05) is 20.8 Å². The highest BCUT2D eigenvalue weighted by Crippen LogP contribution is 2.46. The van der Waals surface area contributed by atoms with Gasteiger partial charge in [-0.3, -0.25) is 4.79 Å². The van der Waals surface area contributed by atoms with E-state index in [4.69, 9.17) is 0 Å². The number of amides is 1. The summed E-state index contributed by atoms with van der Waals surface area (Å²) in [5.41, 5.74) is -0.852. The van der Waals surface area contributed by atoms with Crippen LogP contribution in [0.5, 0.6) is 0 Å². The molecular weight excluding hydrogens is 322 g/mol. The summed E-state index contributed by atoms with van der Waals surface area (Å²) in [6.07, 6.45) is 4.73. The average molecular weight is 347 g/mol. The van der Waals surface area contributed by atoms with Crippen LogP contribution >= 0.6 is 11.8 Å². The number of carbonyl (C=O) groups excluding carboxylic acids is 1. The van der Waals surface area contributed by atoms with Crippen LogP contribution in [0.3, 0.4) is 0 Å². The van der Waals surface area contributed by atoms with E-state index in [0.717, 1.165) is 11.0 Å². The van der Waals surface area contributed by atoms with Gasteiger partial charge in [-0.25, -0.2) is 0 Å². The molecule has 0 bridgehead atoms. The minimum Gasteiger partial charge on any atom is -0.337 e. The highest BCUT2D eigenvalue weighted by molar-refractivity contribution is 8.00. The molecule has 1 aromatic rings. The van der Waals surface area contributed by atoms with Crippen LogP contribution in [0.25, 0.3) is 0 Å². The number of hydrogen-bond donors (Lipinski definition) is 1. The van der Waals surface area contributed by atoms with E-state index in [1.165, 1.54) is 37.4 Å². The average Bonchev–Trinajstić information content (AvgIpc) is 3.46.